The number of anilines is 1. The summed E-state index contributed by atoms with van der Waals surface area (Å²) >= 11 is 5.98. The molecule has 0 spiro atoms. The Hall–Kier alpha value is -2.54. The summed E-state index contributed by atoms with van der Waals surface area (Å²) in [6.07, 6.45) is 0.471. The number of amides is 1. The number of hydrogen-bond donors (Lipinski definition) is 1. The van der Waals surface area contributed by atoms with Crippen LogP contribution in [0.3, 0.4) is 0 Å². The summed E-state index contributed by atoms with van der Waals surface area (Å²) in [5, 5.41) is 3.26. The van der Waals surface area contributed by atoms with Gasteiger partial charge in [-0.2, -0.15) is 8.78 Å². The number of hydrogen-bond acceptors (Lipinski definition) is 4. The first-order valence-electron chi connectivity index (χ1n) is 7.81. The van der Waals surface area contributed by atoms with Gasteiger partial charge in [-0.3, -0.25) is 4.79 Å². The number of carbonyl (C=O) groups excluding carboxylic acids is 1. The van der Waals surface area contributed by atoms with E-state index in [4.69, 9.17) is 21.1 Å². The maximum atomic E-state index is 12.5. The van der Waals surface area contributed by atoms with Crippen molar-refractivity contribution in [1.82, 2.24) is 0 Å². The molecule has 0 aliphatic carbocycles. The van der Waals surface area contributed by atoms with E-state index in [9.17, 15) is 13.6 Å². The maximum Gasteiger partial charge on any atom is 0.387 e. The van der Waals surface area contributed by atoms with Crippen molar-refractivity contribution >= 4 is 23.2 Å². The Morgan fingerprint density at radius 3 is 2.81 bits per heavy atom. The van der Waals surface area contributed by atoms with Crippen molar-refractivity contribution in [2.24, 2.45) is 5.92 Å². The van der Waals surface area contributed by atoms with Crippen LogP contribution in [0.5, 0.6) is 17.2 Å². The van der Waals surface area contributed by atoms with Crippen molar-refractivity contribution in [3.05, 3.63) is 47.0 Å². The van der Waals surface area contributed by atoms with Gasteiger partial charge in [-0.1, -0.05) is 11.6 Å². The van der Waals surface area contributed by atoms with Gasteiger partial charge in [-0.15, -0.1) is 0 Å². The van der Waals surface area contributed by atoms with E-state index in [-0.39, 0.29) is 24.0 Å². The van der Waals surface area contributed by atoms with Crippen molar-refractivity contribution in [2.75, 3.05) is 19.0 Å². The van der Waals surface area contributed by atoms with Gasteiger partial charge >= 0.3 is 6.61 Å². The highest BCUT2D eigenvalue weighted by Crippen LogP contribution is 2.33. The molecule has 1 unspecified atom stereocenters. The first-order valence-corrected chi connectivity index (χ1v) is 8.19. The van der Waals surface area contributed by atoms with Crippen LogP contribution in [0.15, 0.2) is 36.4 Å². The molecule has 0 radical (unpaired) electrons. The zero-order valence-corrected chi connectivity index (χ0v) is 14.6. The maximum absolute atomic E-state index is 12.5. The van der Waals surface area contributed by atoms with E-state index in [0.29, 0.717) is 22.9 Å². The van der Waals surface area contributed by atoms with Gasteiger partial charge in [0.1, 0.15) is 12.4 Å². The molecule has 1 heterocycles. The zero-order valence-electron chi connectivity index (χ0n) is 13.8. The van der Waals surface area contributed by atoms with E-state index in [1.54, 1.807) is 24.3 Å². The number of halogens is 3. The van der Waals surface area contributed by atoms with Crippen LogP contribution in [0.2, 0.25) is 5.02 Å². The predicted molar refractivity (Wildman–Crippen MR) is 92.4 cm³/mol. The minimum Gasteiger partial charge on any atom is -0.493 e. The molecule has 1 aliphatic rings. The molecule has 26 heavy (non-hydrogen) atoms. The average Bonchev–Trinajstić information content (AvgIpc) is 2.60. The molecule has 1 aliphatic heterocycles. The lowest BCUT2D eigenvalue weighted by molar-refractivity contribution is -0.121. The number of fused-ring (bicyclic) bond motifs is 1. The van der Waals surface area contributed by atoms with Crippen LogP contribution in [0.1, 0.15) is 5.56 Å². The standard InChI is InChI=1S/C18H16ClF2NO4/c1-24-15-5-3-13(8-16(15)26-18(20)21)22-17(23)11-6-10-7-12(19)2-4-14(10)25-9-11/h2-5,7-8,11,18H,6,9H2,1H3,(H,22,23). The molecule has 0 aromatic heterocycles. The molecule has 3 rings (SSSR count). The van der Waals surface area contributed by atoms with E-state index in [1.807, 2.05) is 0 Å². The quantitative estimate of drug-likeness (QED) is 0.843. The second kappa shape index (κ2) is 7.78. The predicted octanol–water partition coefficient (Wildman–Crippen LogP) is 4.14. The summed E-state index contributed by atoms with van der Waals surface area (Å²) in [6, 6.07) is 9.53. The lowest BCUT2D eigenvalue weighted by Gasteiger charge is -2.25. The molecular formula is C18H16ClF2NO4. The number of rotatable bonds is 5. The fraction of sp³-hybridized carbons (Fsp3) is 0.278. The highest BCUT2D eigenvalue weighted by atomic mass is 35.5. The lowest BCUT2D eigenvalue weighted by atomic mass is 9.96. The van der Waals surface area contributed by atoms with Gasteiger partial charge in [-0.05, 0) is 42.3 Å². The molecule has 1 N–H and O–H groups in total. The van der Waals surface area contributed by atoms with E-state index >= 15 is 0 Å². The van der Waals surface area contributed by atoms with Crippen molar-refractivity contribution in [3.8, 4) is 17.2 Å². The highest BCUT2D eigenvalue weighted by Gasteiger charge is 2.26. The summed E-state index contributed by atoms with van der Waals surface area (Å²) in [4.78, 5) is 12.5. The lowest BCUT2D eigenvalue weighted by Crippen LogP contribution is -2.32. The minimum atomic E-state index is -3.00. The fourth-order valence-corrected chi connectivity index (χ4v) is 2.91. The summed E-state index contributed by atoms with van der Waals surface area (Å²) < 4.78 is 40.0. The van der Waals surface area contributed by atoms with Gasteiger partial charge in [0.15, 0.2) is 11.5 Å². The molecule has 138 valence electrons. The minimum absolute atomic E-state index is 0.146. The largest absolute Gasteiger partial charge is 0.493 e. The van der Waals surface area contributed by atoms with Gasteiger partial charge in [0.05, 0.1) is 13.0 Å². The third-order valence-corrected chi connectivity index (χ3v) is 4.18. The number of benzene rings is 2. The molecular weight excluding hydrogens is 368 g/mol. The van der Waals surface area contributed by atoms with Gasteiger partial charge in [0, 0.05) is 16.8 Å². The number of methoxy groups -OCH3 is 1. The smallest absolute Gasteiger partial charge is 0.387 e. The van der Waals surface area contributed by atoms with Crippen molar-refractivity contribution in [3.63, 3.8) is 0 Å². The Morgan fingerprint density at radius 1 is 1.27 bits per heavy atom. The number of nitrogens with one attached hydrogen (secondary N) is 1. The van der Waals surface area contributed by atoms with Crippen LogP contribution in [0.4, 0.5) is 14.5 Å². The molecule has 0 fully saturated rings. The summed E-state index contributed by atoms with van der Waals surface area (Å²) in [7, 11) is 1.34. The fourth-order valence-electron chi connectivity index (χ4n) is 2.72. The van der Waals surface area contributed by atoms with Crippen LogP contribution in [0, 0.1) is 5.92 Å². The number of ether oxygens (including phenoxy) is 3. The van der Waals surface area contributed by atoms with Crippen molar-refractivity contribution in [1.29, 1.82) is 0 Å². The Morgan fingerprint density at radius 2 is 2.08 bits per heavy atom. The summed E-state index contributed by atoms with van der Waals surface area (Å²) in [5.74, 6) is -0.0213. The van der Waals surface area contributed by atoms with Crippen LogP contribution < -0.4 is 19.5 Å². The van der Waals surface area contributed by atoms with E-state index in [2.05, 4.69) is 10.1 Å². The van der Waals surface area contributed by atoms with E-state index in [1.165, 1.54) is 19.2 Å². The second-order valence-electron chi connectivity index (χ2n) is 5.70. The molecule has 0 bridgehead atoms. The molecule has 5 nitrogen and oxygen atoms in total. The number of carbonyl (C=O) groups is 1. The summed E-state index contributed by atoms with van der Waals surface area (Å²) in [6.45, 7) is -2.78. The van der Waals surface area contributed by atoms with Crippen LogP contribution >= 0.6 is 11.6 Å². The van der Waals surface area contributed by atoms with E-state index in [0.717, 1.165) is 5.56 Å². The van der Waals surface area contributed by atoms with Crippen molar-refractivity contribution < 1.29 is 27.8 Å². The Labute approximate surface area is 153 Å². The van der Waals surface area contributed by atoms with Crippen LogP contribution in [0.25, 0.3) is 0 Å². The molecule has 2 aromatic carbocycles. The molecule has 0 saturated carbocycles. The van der Waals surface area contributed by atoms with Gasteiger partial charge in [0.25, 0.3) is 0 Å². The van der Waals surface area contributed by atoms with Crippen molar-refractivity contribution in [2.45, 2.75) is 13.0 Å². The zero-order chi connectivity index (χ0) is 18.7. The third kappa shape index (κ3) is 4.16. The van der Waals surface area contributed by atoms with Gasteiger partial charge < -0.3 is 19.5 Å². The average molecular weight is 384 g/mol. The van der Waals surface area contributed by atoms with Gasteiger partial charge in [-0.25, -0.2) is 0 Å². The monoisotopic (exact) mass is 383 g/mol. The van der Waals surface area contributed by atoms with Gasteiger partial charge in [0.2, 0.25) is 5.91 Å². The Balaban J connectivity index is 1.72. The molecule has 1 amide bonds. The number of alkyl halides is 2. The topological polar surface area (TPSA) is 56.8 Å². The second-order valence-corrected chi connectivity index (χ2v) is 6.13. The Bertz CT molecular complexity index is 816. The Kier molecular flexibility index (Phi) is 5.46. The van der Waals surface area contributed by atoms with Crippen LogP contribution in [-0.4, -0.2) is 26.2 Å². The third-order valence-electron chi connectivity index (χ3n) is 3.95. The molecule has 8 heteroatoms. The van der Waals surface area contributed by atoms with Crippen LogP contribution in [-0.2, 0) is 11.2 Å². The molecule has 2 aromatic rings. The molecule has 0 saturated heterocycles. The highest BCUT2D eigenvalue weighted by molar-refractivity contribution is 6.30. The SMILES string of the molecule is COc1ccc(NC(=O)C2COc3ccc(Cl)cc3C2)cc1OC(F)F. The molecule has 1 atom stereocenters. The first-order chi connectivity index (χ1) is 12.5. The normalized spacial score (nSPS) is 15.8. The summed E-state index contributed by atoms with van der Waals surface area (Å²) in [5.41, 5.74) is 1.17. The van der Waals surface area contributed by atoms with E-state index < -0.39 is 12.5 Å². The first kappa shape index (κ1) is 18.3.